The second-order valence-corrected chi connectivity index (χ2v) is 7.15. The molecule has 4 rings (SSSR count). The molecule has 32 heavy (non-hydrogen) atoms. The number of fused-ring (bicyclic) bond motifs is 1. The number of nitrogens with zero attached hydrogens (tertiary/aromatic N) is 5. The molecular formula is C21H20F3N5O3. The van der Waals surface area contributed by atoms with Crippen molar-refractivity contribution in [3.8, 4) is 22.9 Å². The van der Waals surface area contributed by atoms with Crippen LogP contribution < -0.4 is 9.47 Å². The van der Waals surface area contributed by atoms with Gasteiger partial charge in [-0.05, 0) is 36.4 Å². The Kier molecular flexibility index (Phi) is 5.97. The molecule has 0 spiro atoms. The lowest BCUT2D eigenvalue weighted by Crippen LogP contribution is -2.44. The van der Waals surface area contributed by atoms with E-state index in [1.165, 1.54) is 12.1 Å². The maximum absolute atomic E-state index is 12.9. The second kappa shape index (κ2) is 8.85. The minimum atomic E-state index is -4.48. The molecule has 1 amide bonds. The number of halogens is 3. The van der Waals surface area contributed by atoms with Gasteiger partial charge < -0.3 is 14.4 Å². The van der Waals surface area contributed by atoms with Gasteiger partial charge in [0.05, 0.1) is 12.1 Å². The van der Waals surface area contributed by atoms with E-state index >= 15 is 0 Å². The lowest BCUT2D eigenvalue weighted by atomic mass is 10.1. The summed E-state index contributed by atoms with van der Waals surface area (Å²) in [6, 6.07) is 11.9. The van der Waals surface area contributed by atoms with E-state index < -0.39 is 11.7 Å². The van der Waals surface area contributed by atoms with Gasteiger partial charge in [0.15, 0.2) is 17.6 Å². The average Bonchev–Trinajstić information content (AvgIpc) is 3.25. The van der Waals surface area contributed by atoms with E-state index in [-0.39, 0.29) is 29.9 Å². The highest BCUT2D eigenvalue weighted by molar-refractivity contribution is 5.75. The van der Waals surface area contributed by atoms with E-state index in [9.17, 15) is 18.0 Å². The Balaban J connectivity index is 1.40. The summed E-state index contributed by atoms with van der Waals surface area (Å²) in [5, 5.41) is 11.7. The normalized spacial score (nSPS) is 15.4. The first-order valence-electron chi connectivity index (χ1n) is 9.95. The molecule has 1 aliphatic rings. The third-order valence-electron chi connectivity index (χ3n) is 4.90. The smallest absolute Gasteiger partial charge is 0.416 e. The minimum absolute atomic E-state index is 0.00701. The fraction of sp³-hybridized carbons (Fsp3) is 0.333. The monoisotopic (exact) mass is 447 g/mol. The number of amides is 1. The summed E-state index contributed by atoms with van der Waals surface area (Å²) in [5.41, 5.74) is -0.645. The zero-order chi connectivity index (χ0) is 22.7. The number of carbonyl (C=O) groups is 1. The molecule has 2 aromatic carbocycles. The molecule has 0 unspecified atom stereocenters. The Bertz CT molecular complexity index is 1100. The molecule has 0 fully saturated rings. The van der Waals surface area contributed by atoms with Crippen molar-refractivity contribution in [1.82, 2.24) is 25.1 Å². The molecule has 1 aliphatic heterocycles. The number of rotatable bonds is 6. The van der Waals surface area contributed by atoms with E-state index in [0.717, 1.165) is 16.9 Å². The first-order valence-corrected chi connectivity index (χ1v) is 9.95. The van der Waals surface area contributed by atoms with Crippen LogP contribution in [-0.2, 0) is 17.5 Å². The number of benzene rings is 2. The molecule has 0 saturated heterocycles. The van der Waals surface area contributed by atoms with Gasteiger partial charge >= 0.3 is 6.18 Å². The quantitative estimate of drug-likeness (QED) is 0.578. The first kappa shape index (κ1) is 21.6. The van der Waals surface area contributed by atoms with Crippen molar-refractivity contribution in [3.05, 3.63) is 54.1 Å². The second-order valence-electron chi connectivity index (χ2n) is 7.15. The maximum Gasteiger partial charge on any atom is 0.416 e. The van der Waals surface area contributed by atoms with Gasteiger partial charge in [0.25, 0.3) is 0 Å². The SMILES string of the molecule is CCN(C[C@H]1COc2ccccc2O1)C(=O)Cn1nnc(-c2cccc(C(F)(F)F)c2)n1. The van der Waals surface area contributed by atoms with Gasteiger partial charge in [0.1, 0.15) is 13.2 Å². The van der Waals surface area contributed by atoms with E-state index in [1.54, 1.807) is 11.0 Å². The predicted molar refractivity (Wildman–Crippen MR) is 107 cm³/mol. The number of para-hydroxylation sites is 2. The van der Waals surface area contributed by atoms with Gasteiger partial charge in [0, 0.05) is 12.1 Å². The molecule has 0 radical (unpaired) electrons. The van der Waals surface area contributed by atoms with Crippen molar-refractivity contribution in [2.75, 3.05) is 19.7 Å². The van der Waals surface area contributed by atoms with Gasteiger partial charge in [-0.15, -0.1) is 10.2 Å². The highest BCUT2D eigenvalue weighted by Crippen LogP contribution is 2.32. The largest absolute Gasteiger partial charge is 0.486 e. The van der Waals surface area contributed by atoms with Crippen LogP contribution in [0.25, 0.3) is 11.4 Å². The average molecular weight is 447 g/mol. The number of aromatic nitrogens is 4. The number of tetrazole rings is 1. The molecule has 8 nitrogen and oxygen atoms in total. The summed E-state index contributed by atoms with van der Waals surface area (Å²) >= 11 is 0. The fourth-order valence-corrected chi connectivity index (χ4v) is 3.29. The van der Waals surface area contributed by atoms with Gasteiger partial charge in [0.2, 0.25) is 11.7 Å². The van der Waals surface area contributed by atoms with Crippen LogP contribution in [0.3, 0.4) is 0 Å². The van der Waals surface area contributed by atoms with Gasteiger partial charge in [-0.1, -0.05) is 24.3 Å². The van der Waals surface area contributed by atoms with Crippen LogP contribution in [-0.4, -0.2) is 56.8 Å². The van der Waals surface area contributed by atoms with Crippen molar-refractivity contribution in [2.24, 2.45) is 0 Å². The van der Waals surface area contributed by atoms with Crippen LogP contribution >= 0.6 is 0 Å². The van der Waals surface area contributed by atoms with E-state index in [0.29, 0.717) is 31.2 Å². The molecule has 11 heteroatoms. The summed E-state index contributed by atoms with van der Waals surface area (Å²) in [7, 11) is 0. The Morgan fingerprint density at radius 1 is 1.19 bits per heavy atom. The lowest BCUT2D eigenvalue weighted by molar-refractivity contribution is -0.137. The molecule has 0 saturated carbocycles. The number of hydrogen-bond acceptors (Lipinski definition) is 6. The third kappa shape index (κ3) is 4.82. The van der Waals surface area contributed by atoms with E-state index in [1.807, 2.05) is 25.1 Å². The zero-order valence-corrected chi connectivity index (χ0v) is 17.1. The molecule has 0 bridgehead atoms. The van der Waals surface area contributed by atoms with Crippen molar-refractivity contribution in [1.29, 1.82) is 0 Å². The number of carbonyl (C=O) groups excluding carboxylic acids is 1. The van der Waals surface area contributed by atoms with Crippen LogP contribution in [0.2, 0.25) is 0 Å². The molecule has 0 aliphatic carbocycles. The Morgan fingerprint density at radius 3 is 2.72 bits per heavy atom. The van der Waals surface area contributed by atoms with Crippen molar-refractivity contribution in [3.63, 3.8) is 0 Å². The van der Waals surface area contributed by atoms with Crippen molar-refractivity contribution < 1.29 is 27.4 Å². The molecular weight excluding hydrogens is 427 g/mol. The van der Waals surface area contributed by atoms with Gasteiger partial charge in [-0.25, -0.2) is 0 Å². The summed E-state index contributed by atoms with van der Waals surface area (Å²) in [6.45, 7) is 2.67. The van der Waals surface area contributed by atoms with Crippen LogP contribution in [0.5, 0.6) is 11.5 Å². The number of alkyl halides is 3. The summed E-state index contributed by atoms with van der Waals surface area (Å²) in [4.78, 5) is 15.4. The van der Waals surface area contributed by atoms with Gasteiger partial charge in [-0.2, -0.15) is 18.0 Å². The molecule has 1 atom stereocenters. The zero-order valence-electron chi connectivity index (χ0n) is 17.1. The van der Waals surface area contributed by atoms with E-state index in [4.69, 9.17) is 9.47 Å². The summed E-state index contributed by atoms with van der Waals surface area (Å²) in [5.74, 6) is 1.01. The molecule has 3 aromatic rings. The molecule has 1 aromatic heterocycles. The number of hydrogen-bond donors (Lipinski definition) is 0. The van der Waals surface area contributed by atoms with Crippen LogP contribution in [0, 0.1) is 0 Å². The molecule has 168 valence electrons. The number of ether oxygens (including phenoxy) is 2. The Hall–Kier alpha value is -3.63. The van der Waals surface area contributed by atoms with Crippen LogP contribution in [0.1, 0.15) is 12.5 Å². The van der Waals surface area contributed by atoms with E-state index in [2.05, 4.69) is 15.4 Å². The highest BCUT2D eigenvalue weighted by Gasteiger charge is 2.31. The summed E-state index contributed by atoms with van der Waals surface area (Å²) in [6.07, 6.45) is -4.81. The topological polar surface area (TPSA) is 82.4 Å². The lowest BCUT2D eigenvalue weighted by Gasteiger charge is -2.30. The maximum atomic E-state index is 12.9. The molecule has 0 N–H and O–H groups in total. The van der Waals surface area contributed by atoms with Crippen LogP contribution in [0.4, 0.5) is 13.2 Å². The third-order valence-corrected chi connectivity index (χ3v) is 4.90. The Labute approximate surface area is 181 Å². The first-order chi connectivity index (χ1) is 15.3. The Morgan fingerprint density at radius 2 is 1.97 bits per heavy atom. The van der Waals surface area contributed by atoms with Gasteiger partial charge in [-0.3, -0.25) is 4.79 Å². The van der Waals surface area contributed by atoms with Crippen molar-refractivity contribution in [2.45, 2.75) is 25.7 Å². The molecule has 2 heterocycles. The summed E-state index contributed by atoms with van der Waals surface area (Å²) < 4.78 is 50.4. The highest BCUT2D eigenvalue weighted by atomic mass is 19.4. The van der Waals surface area contributed by atoms with Crippen molar-refractivity contribution >= 4 is 5.91 Å². The minimum Gasteiger partial charge on any atom is -0.486 e. The standard InChI is InChI=1S/C21H20F3N5O3/c1-2-28(11-16-13-31-17-8-3-4-9-18(17)32-16)19(30)12-29-26-20(25-27-29)14-6-5-7-15(10-14)21(22,23)24/h3-10,16H,2,11-13H2,1H3/t16-/m0/s1. The van der Waals surface area contributed by atoms with Crippen LogP contribution in [0.15, 0.2) is 48.5 Å². The fourth-order valence-electron chi connectivity index (χ4n) is 3.29. The predicted octanol–water partition coefficient (Wildman–Crippen LogP) is 3.05. The number of likely N-dealkylation sites (N-methyl/N-ethyl adjacent to an activating group) is 1.